The van der Waals surface area contributed by atoms with Crippen molar-refractivity contribution < 1.29 is 9.47 Å². The van der Waals surface area contributed by atoms with E-state index in [2.05, 4.69) is 65.4 Å². The van der Waals surface area contributed by atoms with Gasteiger partial charge in [-0.15, -0.1) is 0 Å². The molecule has 2 aliphatic rings. The van der Waals surface area contributed by atoms with E-state index in [0.29, 0.717) is 11.7 Å². The molecule has 4 atom stereocenters. The largest absolute Gasteiger partial charge is 0.383 e. The molecule has 0 unspecified atom stereocenters. The third-order valence-corrected chi connectivity index (χ3v) is 7.61. The van der Waals surface area contributed by atoms with E-state index in [1.165, 1.54) is 12.0 Å². The van der Waals surface area contributed by atoms with Crippen LogP contribution in [0.2, 0.25) is 0 Å². The number of hydrogen-bond donors (Lipinski definition) is 1. The van der Waals surface area contributed by atoms with E-state index in [0.717, 1.165) is 45.8 Å². The van der Waals surface area contributed by atoms with Gasteiger partial charge in [-0.3, -0.25) is 4.98 Å². The number of hydrogen-bond acceptors (Lipinski definition) is 6. The summed E-state index contributed by atoms with van der Waals surface area (Å²) in [5.41, 5.74) is 10.4. The van der Waals surface area contributed by atoms with Gasteiger partial charge in [0, 0.05) is 29.6 Å². The summed E-state index contributed by atoms with van der Waals surface area (Å²) in [6.45, 7) is 4.00. The summed E-state index contributed by atoms with van der Waals surface area (Å²) in [6.07, 6.45) is 8.39. The first-order valence-electron chi connectivity index (χ1n) is 11.3. The third-order valence-electron chi connectivity index (χ3n) is 7.18. The van der Waals surface area contributed by atoms with Crippen molar-refractivity contribution >= 4 is 43.8 Å². The molecule has 9 heteroatoms. The summed E-state index contributed by atoms with van der Waals surface area (Å²) in [5.74, 6) is 0.278. The highest BCUT2D eigenvalue weighted by Crippen LogP contribution is 2.49. The van der Waals surface area contributed by atoms with Gasteiger partial charge in [-0.2, -0.15) is 0 Å². The lowest BCUT2D eigenvalue weighted by Crippen LogP contribution is -2.27. The third kappa shape index (κ3) is 3.45. The van der Waals surface area contributed by atoms with Gasteiger partial charge >= 0.3 is 0 Å². The molecule has 1 saturated carbocycles. The Morgan fingerprint density at radius 1 is 1.18 bits per heavy atom. The van der Waals surface area contributed by atoms with E-state index >= 15 is 0 Å². The summed E-state index contributed by atoms with van der Waals surface area (Å²) in [5, 5.41) is 0.879. The van der Waals surface area contributed by atoms with E-state index in [1.807, 2.05) is 26.1 Å². The smallest absolute Gasteiger partial charge is 0.163 e. The number of ether oxygens (including phenoxy) is 2. The van der Waals surface area contributed by atoms with E-state index < -0.39 is 5.79 Å². The molecule has 0 radical (unpaired) electrons. The lowest BCUT2D eigenvalue weighted by molar-refractivity contribution is -0.160. The number of aromatic nitrogens is 5. The van der Waals surface area contributed by atoms with Crippen LogP contribution in [0.25, 0.3) is 22.1 Å². The maximum atomic E-state index is 6.42. The van der Waals surface area contributed by atoms with Crippen LogP contribution < -0.4 is 5.73 Å². The minimum atomic E-state index is -0.598. The number of nitrogens with two attached hydrogens (primary N) is 1. The van der Waals surface area contributed by atoms with E-state index in [4.69, 9.17) is 15.2 Å². The Kier molecular flexibility index (Phi) is 4.80. The first kappa shape index (κ1) is 21.1. The van der Waals surface area contributed by atoms with Gasteiger partial charge in [0.2, 0.25) is 0 Å². The number of rotatable bonds is 4. The van der Waals surface area contributed by atoms with Crippen molar-refractivity contribution in [2.45, 2.75) is 57.1 Å². The standard InChI is InChI=1S/C24H27BrN6O2/c1-24(2)32-20-13(4-5-15-10-17-18(30(15)3)9-14(25)11-27-17)8-19(21(20)33-24)31-7-6-16-22(26)28-12-29-23(16)31/h6-7,9-13,19-21H,4-5,8H2,1-3H3,(H2,26,28,29)/t13-,19+,20+,21-/m0/s1. The van der Waals surface area contributed by atoms with Gasteiger partial charge in [-0.25, -0.2) is 9.97 Å². The molecular weight excluding hydrogens is 484 g/mol. The van der Waals surface area contributed by atoms with Gasteiger partial charge in [0.15, 0.2) is 5.79 Å². The van der Waals surface area contributed by atoms with Gasteiger partial charge in [-0.05, 0) is 73.2 Å². The average Bonchev–Trinajstić information content (AvgIpc) is 3.49. The summed E-state index contributed by atoms with van der Waals surface area (Å²) in [7, 11) is 2.11. The molecule has 6 rings (SSSR count). The van der Waals surface area contributed by atoms with Crippen molar-refractivity contribution in [3.8, 4) is 0 Å². The van der Waals surface area contributed by atoms with Gasteiger partial charge in [0.25, 0.3) is 0 Å². The van der Waals surface area contributed by atoms with Crippen LogP contribution >= 0.6 is 15.9 Å². The van der Waals surface area contributed by atoms with E-state index in [1.54, 1.807) is 0 Å². The highest BCUT2D eigenvalue weighted by atomic mass is 79.9. The zero-order valence-corrected chi connectivity index (χ0v) is 20.5. The van der Waals surface area contributed by atoms with Crippen LogP contribution in [0.15, 0.2) is 41.4 Å². The highest BCUT2D eigenvalue weighted by Gasteiger charge is 2.54. The predicted octanol–water partition coefficient (Wildman–Crippen LogP) is 4.38. The number of nitrogen functional groups attached to an aromatic ring is 1. The molecule has 0 bridgehead atoms. The van der Waals surface area contributed by atoms with Crippen LogP contribution in [-0.4, -0.2) is 42.1 Å². The second kappa shape index (κ2) is 7.51. The van der Waals surface area contributed by atoms with Gasteiger partial charge in [0.05, 0.1) is 28.6 Å². The quantitative estimate of drug-likeness (QED) is 0.437. The molecule has 1 aliphatic carbocycles. The molecule has 8 nitrogen and oxygen atoms in total. The van der Waals surface area contributed by atoms with E-state index in [9.17, 15) is 0 Å². The predicted molar refractivity (Wildman–Crippen MR) is 130 cm³/mol. The Morgan fingerprint density at radius 3 is 2.85 bits per heavy atom. The van der Waals surface area contributed by atoms with Gasteiger partial charge in [0.1, 0.15) is 23.9 Å². The first-order chi connectivity index (χ1) is 15.8. The van der Waals surface area contributed by atoms with Crippen molar-refractivity contribution in [2.24, 2.45) is 13.0 Å². The van der Waals surface area contributed by atoms with Crippen LogP contribution in [0.4, 0.5) is 5.82 Å². The summed E-state index contributed by atoms with van der Waals surface area (Å²) in [6, 6.07) is 6.45. The van der Waals surface area contributed by atoms with Crippen LogP contribution in [0.3, 0.4) is 0 Å². The fourth-order valence-electron chi connectivity index (χ4n) is 5.67. The fraction of sp³-hybridized carbons (Fsp3) is 0.458. The Labute approximate surface area is 200 Å². The first-order valence-corrected chi connectivity index (χ1v) is 12.1. The molecule has 0 amide bonds. The van der Waals surface area contributed by atoms with Crippen molar-refractivity contribution in [2.75, 3.05) is 5.73 Å². The Balaban J connectivity index is 1.29. The number of aryl methyl sites for hydroxylation is 2. The van der Waals surface area contributed by atoms with Crippen LogP contribution in [0, 0.1) is 5.92 Å². The van der Waals surface area contributed by atoms with Crippen LogP contribution in [-0.2, 0) is 22.9 Å². The number of halogens is 1. The maximum absolute atomic E-state index is 6.42. The lowest BCUT2D eigenvalue weighted by atomic mass is 9.98. The SMILES string of the molecule is Cn1c(CC[C@H]2C[C@@H](n3ccc4c(N)ncnc43)[C@@H]3OC(C)(C)O[C@H]23)cc2ncc(Br)cc21. The van der Waals surface area contributed by atoms with Crippen molar-refractivity contribution in [3.63, 3.8) is 0 Å². The molecule has 5 heterocycles. The molecule has 33 heavy (non-hydrogen) atoms. The number of anilines is 1. The Hall–Kier alpha value is -2.49. The maximum Gasteiger partial charge on any atom is 0.163 e. The summed E-state index contributed by atoms with van der Waals surface area (Å²) < 4.78 is 18.3. The van der Waals surface area contributed by atoms with Gasteiger partial charge < -0.3 is 24.3 Å². The minimum Gasteiger partial charge on any atom is -0.383 e. The average molecular weight is 511 g/mol. The molecular formula is C24H27BrN6O2. The molecule has 2 fully saturated rings. The number of nitrogens with zero attached hydrogens (tertiary/aromatic N) is 5. The highest BCUT2D eigenvalue weighted by molar-refractivity contribution is 9.10. The van der Waals surface area contributed by atoms with E-state index in [-0.39, 0.29) is 18.2 Å². The summed E-state index contributed by atoms with van der Waals surface area (Å²) in [4.78, 5) is 13.2. The molecule has 4 aromatic rings. The second-order valence-electron chi connectivity index (χ2n) is 9.64. The number of pyridine rings is 1. The molecule has 0 spiro atoms. The van der Waals surface area contributed by atoms with Crippen molar-refractivity contribution in [1.29, 1.82) is 0 Å². The van der Waals surface area contributed by atoms with Crippen LogP contribution in [0.5, 0.6) is 0 Å². The number of fused-ring (bicyclic) bond motifs is 3. The normalized spacial score (nSPS) is 26.4. The molecule has 1 saturated heterocycles. The monoisotopic (exact) mass is 510 g/mol. The molecule has 4 aromatic heterocycles. The zero-order chi connectivity index (χ0) is 22.9. The van der Waals surface area contributed by atoms with Crippen molar-refractivity contribution in [1.82, 2.24) is 24.1 Å². The molecule has 1 aliphatic heterocycles. The second-order valence-corrected chi connectivity index (χ2v) is 10.6. The Morgan fingerprint density at radius 2 is 2.00 bits per heavy atom. The topological polar surface area (TPSA) is 93.0 Å². The van der Waals surface area contributed by atoms with Crippen molar-refractivity contribution in [3.05, 3.63) is 47.1 Å². The lowest BCUT2D eigenvalue weighted by Gasteiger charge is -2.24. The zero-order valence-electron chi connectivity index (χ0n) is 18.9. The van der Waals surface area contributed by atoms with Gasteiger partial charge in [-0.1, -0.05) is 0 Å². The fourth-order valence-corrected chi connectivity index (χ4v) is 5.99. The van der Waals surface area contributed by atoms with Crippen LogP contribution in [0.1, 0.15) is 38.4 Å². The molecule has 0 aromatic carbocycles. The summed E-state index contributed by atoms with van der Waals surface area (Å²) >= 11 is 3.53. The molecule has 2 N–H and O–H groups in total. The Bertz CT molecular complexity index is 1360. The minimum absolute atomic E-state index is 0.0260. The molecule has 172 valence electrons.